The van der Waals surface area contributed by atoms with Crippen molar-refractivity contribution in [1.82, 2.24) is 4.90 Å². The van der Waals surface area contributed by atoms with E-state index in [4.69, 9.17) is 4.74 Å². The smallest absolute Gasteiger partial charge is 0.260 e. The van der Waals surface area contributed by atoms with E-state index in [0.717, 1.165) is 24.2 Å². The van der Waals surface area contributed by atoms with Crippen molar-refractivity contribution in [3.63, 3.8) is 0 Å². The monoisotopic (exact) mass is 247 g/mol. The van der Waals surface area contributed by atoms with Gasteiger partial charge in [0, 0.05) is 13.1 Å². The molecule has 0 unspecified atom stereocenters. The van der Waals surface area contributed by atoms with E-state index in [1.165, 1.54) is 0 Å². The summed E-state index contributed by atoms with van der Waals surface area (Å²) in [6.45, 7) is 4.39. The number of nitrogens with zero attached hydrogens (tertiary/aromatic N) is 1. The summed E-state index contributed by atoms with van der Waals surface area (Å²) < 4.78 is 5.67. The summed E-state index contributed by atoms with van der Waals surface area (Å²) in [7, 11) is 1.86. The van der Waals surface area contributed by atoms with E-state index in [2.05, 4.69) is 19.9 Å². The second kappa shape index (κ2) is 5.42. The molecule has 18 heavy (non-hydrogen) atoms. The van der Waals surface area contributed by atoms with Gasteiger partial charge in [0.05, 0.1) is 0 Å². The van der Waals surface area contributed by atoms with Crippen LogP contribution in [0.1, 0.15) is 38.2 Å². The van der Waals surface area contributed by atoms with Crippen molar-refractivity contribution in [2.75, 3.05) is 13.7 Å². The largest absolute Gasteiger partial charge is 0.483 e. The predicted octanol–water partition coefficient (Wildman–Crippen LogP) is 2.81. The number of hydrogen-bond donors (Lipinski definition) is 0. The highest BCUT2D eigenvalue weighted by molar-refractivity contribution is 5.78. The lowest BCUT2D eigenvalue weighted by Crippen LogP contribution is -2.33. The van der Waals surface area contributed by atoms with Crippen molar-refractivity contribution in [3.05, 3.63) is 29.8 Å². The minimum atomic E-state index is 0.0658. The van der Waals surface area contributed by atoms with Gasteiger partial charge >= 0.3 is 0 Å². The van der Waals surface area contributed by atoms with Crippen LogP contribution in [0.15, 0.2) is 24.3 Å². The van der Waals surface area contributed by atoms with Crippen molar-refractivity contribution < 1.29 is 9.53 Å². The first kappa shape index (κ1) is 12.9. The van der Waals surface area contributed by atoms with Crippen LogP contribution < -0.4 is 4.74 Å². The third kappa shape index (κ3) is 3.03. The zero-order valence-electron chi connectivity index (χ0n) is 11.3. The van der Waals surface area contributed by atoms with Crippen LogP contribution in [0, 0.1) is 0 Å². The third-order valence-electron chi connectivity index (χ3n) is 3.38. The molecule has 0 bridgehead atoms. The normalized spacial score (nSPS) is 14.7. The molecule has 1 saturated carbocycles. The predicted molar refractivity (Wildman–Crippen MR) is 71.8 cm³/mol. The van der Waals surface area contributed by atoms with E-state index in [0.29, 0.717) is 12.0 Å². The number of para-hydroxylation sites is 1. The Labute approximate surface area is 109 Å². The first-order chi connectivity index (χ1) is 8.59. The van der Waals surface area contributed by atoms with Crippen molar-refractivity contribution in [2.45, 2.75) is 38.6 Å². The lowest BCUT2D eigenvalue weighted by Gasteiger charge is -2.18. The molecule has 1 aliphatic carbocycles. The summed E-state index contributed by atoms with van der Waals surface area (Å²) in [5, 5.41) is 0. The zero-order chi connectivity index (χ0) is 13.1. The van der Waals surface area contributed by atoms with E-state index in [1.807, 2.05) is 25.2 Å². The summed E-state index contributed by atoms with van der Waals surface area (Å²) >= 11 is 0. The molecule has 0 atom stereocenters. The average Bonchev–Trinajstić information content (AvgIpc) is 3.19. The van der Waals surface area contributed by atoms with Crippen molar-refractivity contribution in [3.8, 4) is 5.75 Å². The third-order valence-corrected chi connectivity index (χ3v) is 3.38. The maximum absolute atomic E-state index is 11.9. The van der Waals surface area contributed by atoms with Crippen molar-refractivity contribution in [1.29, 1.82) is 0 Å². The molecule has 1 aromatic carbocycles. The molecule has 1 amide bonds. The maximum atomic E-state index is 11.9. The molecule has 1 aliphatic rings. The molecule has 0 aromatic heterocycles. The Morgan fingerprint density at radius 2 is 2.06 bits per heavy atom. The second-order valence-electron chi connectivity index (χ2n) is 5.22. The van der Waals surface area contributed by atoms with Crippen LogP contribution >= 0.6 is 0 Å². The number of hydrogen-bond acceptors (Lipinski definition) is 2. The summed E-state index contributed by atoms with van der Waals surface area (Å²) in [5.41, 5.74) is 1.15. The van der Waals surface area contributed by atoms with Gasteiger partial charge in [0.1, 0.15) is 5.75 Å². The molecule has 98 valence electrons. The van der Waals surface area contributed by atoms with Crippen LogP contribution in [0.2, 0.25) is 0 Å². The highest BCUT2D eigenvalue weighted by Crippen LogP contribution is 2.27. The summed E-state index contributed by atoms with van der Waals surface area (Å²) in [4.78, 5) is 13.7. The molecule has 0 spiro atoms. The first-order valence-electron chi connectivity index (χ1n) is 6.57. The van der Waals surface area contributed by atoms with E-state index in [-0.39, 0.29) is 12.5 Å². The molecular weight excluding hydrogens is 226 g/mol. The van der Waals surface area contributed by atoms with Gasteiger partial charge in [0.25, 0.3) is 5.91 Å². The Kier molecular flexibility index (Phi) is 3.90. The molecule has 0 heterocycles. The van der Waals surface area contributed by atoms with Gasteiger partial charge in [-0.15, -0.1) is 0 Å². The number of likely N-dealkylation sites (N-methyl/N-ethyl adjacent to an activating group) is 1. The number of amides is 1. The van der Waals surface area contributed by atoms with Crippen LogP contribution in [0.25, 0.3) is 0 Å². The van der Waals surface area contributed by atoms with Crippen molar-refractivity contribution in [2.24, 2.45) is 0 Å². The fourth-order valence-electron chi connectivity index (χ4n) is 2.00. The molecule has 0 saturated heterocycles. The molecular formula is C15H21NO2. The highest BCUT2D eigenvalue weighted by atomic mass is 16.5. The van der Waals surface area contributed by atoms with Gasteiger partial charge < -0.3 is 9.64 Å². The number of ether oxygens (including phenoxy) is 1. The molecule has 3 heteroatoms. The van der Waals surface area contributed by atoms with Gasteiger partial charge in [-0.25, -0.2) is 0 Å². The van der Waals surface area contributed by atoms with Gasteiger partial charge in [-0.1, -0.05) is 32.0 Å². The maximum Gasteiger partial charge on any atom is 0.260 e. The Bertz CT molecular complexity index is 424. The van der Waals surface area contributed by atoms with Crippen LogP contribution in [0.5, 0.6) is 5.75 Å². The standard InChI is InChI=1S/C15H21NO2/c1-11(2)13-6-4-5-7-14(13)18-10-15(17)16(3)12-8-9-12/h4-7,11-12H,8-10H2,1-3H3. The van der Waals surface area contributed by atoms with Gasteiger partial charge in [-0.2, -0.15) is 0 Å². The van der Waals surface area contributed by atoms with Crippen LogP contribution in [-0.4, -0.2) is 30.5 Å². The molecule has 3 nitrogen and oxygen atoms in total. The van der Waals surface area contributed by atoms with Crippen LogP contribution in [0.4, 0.5) is 0 Å². The quantitative estimate of drug-likeness (QED) is 0.800. The second-order valence-corrected chi connectivity index (χ2v) is 5.22. The van der Waals surface area contributed by atoms with E-state index in [1.54, 1.807) is 4.90 Å². The highest BCUT2D eigenvalue weighted by Gasteiger charge is 2.29. The topological polar surface area (TPSA) is 29.5 Å². The van der Waals surface area contributed by atoms with E-state index < -0.39 is 0 Å². The molecule has 0 N–H and O–H groups in total. The van der Waals surface area contributed by atoms with Crippen LogP contribution in [0.3, 0.4) is 0 Å². The number of benzene rings is 1. The van der Waals surface area contributed by atoms with Crippen molar-refractivity contribution >= 4 is 5.91 Å². The molecule has 0 aliphatic heterocycles. The van der Waals surface area contributed by atoms with Gasteiger partial charge in [0.15, 0.2) is 6.61 Å². The van der Waals surface area contributed by atoms with Gasteiger partial charge in [0.2, 0.25) is 0 Å². The summed E-state index contributed by atoms with van der Waals surface area (Å²) in [5.74, 6) is 1.29. The number of carbonyl (C=O) groups excluding carboxylic acids is 1. The summed E-state index contributed by atoms with van der Waals surface area (Å²) in [6.07, 6.45) is 2.26. The lowest BCUT2D eigenvalue weighted by molar-refractivity contribution is -0.132. The zero-order valence-corrected chi connectivity index (χ0v) is 11.3. The van der Waals surface area contributed by atoms with Gasteiger partial charge in [-0.3, -0.25) is 4.79 Å². The van der Waals surface area contributed by atoms with Gasteiger partial charge in [-0.05, 0) is 30.4 Å². The Balaban J connectivity index is 1.95. The Morgan fingerprint density at radius 1 is 1.39 bits per heavy atom. The molecule has 1 aromatic rings. The number of rotatable bonds is 5. The molecule has 0 radical (unpaired) electrons. The fourth-order valence-corrected chi connectivity index (χ4v) is 2.00. The molecule has 1 fully saturated rings. The number of carbonyl (C=O) groups is 1. The van der Waals surface area contributed by atoms with Crippen LogP contribution in [-0.2, 0) is 4.79 Å². The minimum Gasteiger partial charge on any atom is -0.483 e. The van der Waals surface area contributed by atoms with E-state index >= 15 is 0 Å². The Hall–Kier alpha value is -1.51. The first-order valence-corrected chi connectivity index (χ1v) is 6.57. The average molecular weight is 247 g/mol. The fraction of sp³-hybridized carbons (Fsp3) is 0.533. The van der Waals surface area contributed by atoms with E-state index in [9.17, 15) is 4.79 Å². The lowest BCUT2D eigenvalue weighted by atomic mass is 10.0. The molecule has 2 rings (SSSR count). The Morgan fingerprint density at radius 3 is 2.67 bits per heavy atom. The summed E-state index contributed by atoms with van der Waals surface area (Å²) in [6, 6.07) is 8.37. The minimum absolute atomic E-state index is 0.0658. The SMILES string of the molecule is CC(C)c1ccccc1OCC(=O)N(C)C1CC1.